The van der Waals surface area contributed by atoms with Crippen LogP contribution in [0.4, 0.5) is 5.69 Å². The molecule has 0 fully saturated rings. The molecule has 0 spiro atoms. The number of primary amides is 1. The summed E-state index contributed by atoms with van der Waals surface area (Å²) < 4.78 is 5.46. The fourth-order valence-electron chi connectivity index (χ4n) is 1.83. The van der Waals surface area contributed by atoms with Gasteiger partial charge >= 0.3 is 0 Å². The molecule has 126 valence electrons. The van der Waals surface area contributed by atoms with Crippen LogP contribution in [0, 0.1) is 10.1 Å². The first-order chi connectivity index (χ1) is 11.0. The first kappa shape index (κ1) is 18.4. The first-order valence-electron chi connectivity index (χ1n) is 7.41. The summed E-state index contributed by atoms with van der Waals surface area (Å²) in [6.45, 7) is 0.762. The van der Waals surface area contributed by atoms with Gasteiger partial charge in [-0.25, -0.2) is 0 Å². The molecule has 0 aliphatic carbocycles. The Labute approximate surface area is 134 Å². The number of carbonyl (C=O) groups is 2. The highest BCUT2D eigenvalue weighted by Gasteiger charge is 2.04. The molecule has 1 rings (SSSR count). The Morgan fingerprint density at radius 1 is 1.13 bits per heavy atom. The number of nitro benzene ring substituents is 1. The minimum Gasteiger partial charge on any atom is -0.494 e. The summed E-state index contributed by atoms with van der Waals surface area (Å²) in [6.07, 6.45) is 2.89. The van der Waals surface area contributed by atoms with Crippen molar-refractivity contribution in [1.29, 1.82) is 0 Å². The summed E-state index contributed by atoms with van der Waals surface area (Å²) in [5.74, 6) is 0.0519. The zero-order valence-electron chi connectivity index (χ0n) is 12.8. The summed E-state index contributed by atoms with van der Waals surface area (Å²) >= 11 is 0. The number of carbonyl (C=O) groups excluding carboxylic acids is 2. The Morgan fingerprint density at radius 2 is 1.83 bits per heavy atom. The molecule has 2 amide bonds. The monoisotopic (exact) mass is 323 g/mol. The second-order valence-electron chi connectivity index (χ2n) is 4.98. The number of nitrogens with two attached hydrogens (primary N) is 1. The SMILES string of the molecule is NC(=O)CCNC(=O)CCCCCOc1ccc([N+](=O)[O-])cc1. The second kappa shape index (κ2) is 10.1. The number of unbranched alkanes of at least 4 members (excludes halogenated alkanes) is 2. The van der Waals surface area contributed by atoms with Crippen LogP contribution >= 0.6 is 0 Å². The zero-order valence-corrected chi connectivity index (χ0v) is 12.8. The summed E-state index contributed by atoms with van der Waals surface area (Å²) in [6, 6.07) is 5.91. The molecule has 0 heterocycles. The maximum atomic E-state index is 11.4. The number of non-ortho nitro benzene ring substituents is 1. The third kappa shape index (κ3) is 8.40. The molecule has 0 aliphatic rings. The van der Waals surface area contributed by atoms with Crippen molar-refractivity contribution in [2.75, 3.05) is 13.2 Å². The van der Waals surface area contributed by atoms with Crippen LogP contribution in [-0.2, 0) is 9.59 Å². The van der Waals surface area contributed by atoms with Crippen molar-refractivity contribution < 1.29 is 19.2 Å². The minimum atomic E-state index is -0.460. The van der Waals surface area contributed by atoms with Gasteiger partial charge in [-0.15, -0.1) is 0 Å². The van der Waals surface area contributed by atoms with E-state index in [1.165, 1.54) is 12.1 Å². The largest absolute Gasteiger partial charge is 0.494 e. The Hall–Kier alpha value is -2.64. The lowest BCUT2D eigenvalue weighted by atomic mass is 10.2. The van der Waals surface area contributed by atoms with Gasteiger partial charge < -0.3 is 15.8 Å². The van der Waals surface area contributed by atoms with Gasteiger partial charge in [-0.05, 0) is 31.4 Å². The van der Waals surface area contributed by atoms with Crippen molar-refractivity contribution in [3.05, 3.63) is 34.4 Å². The van der Waals surface area contributed by atoms with E-state index in [1.807, 2.05) is 0 Å². The lowest BCUT2D eigenvalue weighted by Gasteiger charge is -2.06. The van der Waals surface area contributed by atoms with Crippen molar-refractivity contribution in [1.82, 2.24) is 5.32 Å². The number of rotatable bonds is 11. The Morgan fingerprint density at radius 3 is 2.43 bits per heavy atom. The first-order valence-corrected chi connectivity index (χ1v) is 7.41. The number of hydrogen-bond donors (Lipinski definition) is 2. The Kier molecular flexibility index (Phi) is 8.12. The van der Waals surface area contributed by atoms with E-state index < -0.39 is 10.8 Å². The van der Waals surface area contributed by atoms with Crippen molar-refractivity contribution in [2.24, 2.45) is 5.73 Å². The van der Waals surface area contributed by atoms with Gasteiger partial charge in [0.25, 0.3) is 5.69 Å². The number of nitrogens with zero attached hydrogens (tertiary/aromatic N) is 1. The van der Waals surface area contributed by atoms with Crippen molar-refractivity contribution >= 4 is 17.5 Å². The molecule has 23 heavy (non-hydrogen) atoms. The van der Waals surface area contributed by atoms with E-state index in [-0.39, 0.29) is 24.6 Å². The molecule has 0 bridgehead atoms. The van der Waals surface area contributed by atoms with Crippen LogP contribution in [0.2, 0.25) is 0 Å². The smallest absolute Gasteiger partial charge is 0.269 e. The third-order valence-electron chi connectivity index (χ3n) is 3.06. The van der Waals surface area contributed by atoms with Crippen LogP contribution < -0.4 is 15.8 Å². The average molecular weight is 323 g/mol. The summed E-state index contributed by atoms with van der Waals surface area (Å²) in [5.41, 5.74) is 4.99. The van der Waals surface area contributed by atoms with Crippen molar-refractivity contribution in [2.45, 2.75) is 32.1 Å². The normalized spacial score (nSPS) is 10.1. The third-order valence-corrected chi connectivity index (χ3v) is 3.06. The summed E-state index contributed by atoms with van der Waals surface area (Å²) in [7, 11) is 0. The molecule has 3 N–H and O–H groups in total. The maximum absolute atomic E-state index is 11.4. The number of hydrogen-bond acceptors (Lipinski definition) is 5. The van der Waals surface area contributed by atoms with Crippen LogP contribution in [-0.4, -0.2) is 29.9 Å². The van der Waals surface area contributed by atoms with Crippen molar-refractivity contribution in [3.8, 4) is 5.75 Å². The van der Waals surface area contributed by atoms with Crippen molar-refractivity contribution in [3.63, 3.8) is 0 Å². The van der Waals surface area contributed by atoms with Gasteiger partial charge in [0, 0.05) is 31.5 Å². The maximum Gasteiger partial charge on any atom is 0.269 e. The lowest BCUT2D eigenvalue weighted by molar-refractivity contribution is -0.384. The van der Waals surface area contributed by atoms with E-state index >= 15 is 0 Å². The minimum absolute atomic E-state index is 0.0275. The van der Waals surface area contributed by atoms with E-state index in [1.54, 1.807) is 12.1 Å². The molecule has 0 aliphatic heterocycles. The molecule has 0 unspecified atom stereocenters. The average Bonchev–Trinajstić information content (AvgIpc) is 2.50. The van der Waals surface area contributed by atoms with Crippen LogP contribution in [0.3, 0.4) is 0 Å². The quantitative estimate of drug-likeness (QED) is 0.363. The molecule has 1 aromatic carbocycles. The molecular formula is C15H21N3O5. The molecule has 0 saturated carbocycles. The Bertz CT molecular complexity index is 530. The van der Waals surface area contributed by atoms with Crippen LogP contribution in [0.25, 0.3) is 0 Å². The van der Waals surface area contributed by atoms with E-state index in [9.17, 15) is 19.7 Å². The number of nitro groups is 1. The fourth-order valence-corrected chi connectivity index (χ4v) is 1.83. The topological polar surface area (TPSA) is 125 Å². The van der Waals surface area contributed by atoms with Gasteiger partial charge in [0.15, 0.2) is 0 Å². The van der Waals surface area contributed by atoms with E-state index in [2.05, 4.69) is 5.32 Å². The van der Waals surface area contributed by atoms with Gasteiger partial charge in [-0.1, -0.05) is 0 Å². The van der Waals surface area contributed by atoms with Gasteiger partial charge in [0.2, 0.25) is 11.8 Å². The second-order valence-corrected chi connectivity index (χ2v) is 4.98. The fraction of sp³-hybridized carbons (Fsp3) is 0.467. The summed E-state index contributed by atoms with van der Waals surface area (Å²) in [5, 5.41) is 13.1. The van der Waals surface area contributed by atoms with Crippen LogP contribution in [0.5, 0.6) is 5.75 Å². The molecule has 8 heteroatoms. The highest BCUT2D eigenvalue weighted by atomic mass is 16.6. The molecule has 0 aromatic heterocycles. The van der Waals surface area contributed by atoms with E-state index in [0.717, 1.165) is 19.3 Å². The highest BCUT2D eigenvalue weighted by Crippen LogP contribution is 2.17. The predicted octanol–water partition coefficient (Wildman–Crippen LogP) is 1.53. The van der Waals surface area contributed by atoms with Gasteiger partial charge in [0.1, 0.15) is 5.75 Å². The molecule has 0 atom stereocenters. The highest BCUT2D eigenvalue weighted by molar-refractivity contribution is 5.77. The standard InChI is InChI=1S/C15H21N3O5/c16-14(19)9-10-17-15(20)4-2-1-3-11-23-13-7-5-12(6-8-13)18(21)22/h5-8H,1-4,9-11H2,(H2,16,19)(H,17,20). The molecule has 0 saturated heterocycles. The van der Waals surface area contributed by atoms with E-state index in [0.29, 0.717) is 18.8 Å². The number of nitrogens with one attached hydrogen (secondary N) is 1. The number of benzene rings is 1. The lowest BCUT2D eigenvalue weighted by Crippen LogP contribution is -2.27. The number of amides is 2. The molecular weight excluding hydrogens is 302 g/mol. The van der Waals surface area contributed by atoms with Gasteiger partial charge in [-0.2, -0.15) is 0 Å². The van der Waals surface area contributed by atoms with Gasteiger partial charge in [0.05, 0.1) is 11.5 Å². The van der Waals surface area contributed by atoms with Crippen LogP contribution in [0.1, 0.15) is 32.1 Å². The molecule has 0 radical (unpaired) electrons. The molecule has 1 aromatic rings. The van der Waals surface area contributed by atoms with Crippen LogP contribution in [0.15, 0.2) is 24.3 Å². The molecule has 8 nitrogen and oxygen atoms in total. The van der Waals surface area contributed by atoms with E-state index in [4.69, 9.17) is 10.5 Å². The predicted molar refractivity (Wildman–Crippen MR) is 83.9 cm³/mol. The number of ether oxygens (including phenoxy) is 1. The summed E-state index contributed by atoms with van der Waals surface area (Å²) in [4.78, 5) is 32.0. The Balaban J connectivity index is 2.05. The van der Waals surface area contributed by atoms with Gasteiger partial charge in [-0.3, -0.25) is 19.7 Å². The zero-order chi connectivity index (χ0) is 17.1.